The minimum absolute atomic E-state index is 0.245. The first kappa shape index (κ1) is 11.6. The molecule has 1 fully saturated rings. The average Bonchev–Trinajstić information content (AvgIpc) is 2.97. The quantitative estimate of drug-likeness (QED) is 0.896. The summed E-state index contributed by atoms with van der Waals surface area (Å²) < 4.78 is 2.26. The lowest BCUT2D eigenvalue weighted by molar-refractivity contribution is 0.238. The predicted molar refractivity (Wildman–Crippen MR) is 70.5 cm³/mol. The van der Waals surface area contributed by atoms with Crippen LogP contribution in [-0.4, -0.2) is 32.3 Å². The summed E-state index contributed by atoms with van der Waals surface area (Å²) in [5, 5.41) is 10.2. The van der Waals surface area contributed by atoms with Crippen molar-refractivity contribution < 1.29 is 5.11 Å². The highest BCUT2D eigenvalue weighted by Crippen LogP contribution is 2.31. The highest BCUT2D eigenvalue weighted by atomic mass is 32.2. The van der Waals surface area contributed by atoms with E-state index in [1.807, 2.05) is 0 Å². The Bertz CT molecular complexity index is 385. The van der Waals surface area contributed by atoms with E-state index in [0.29, 0.717) is 0 Å². The molecule has 1 N–H and O–H groups in total. The van der Waals surface area contributed by atoms with Crippen LogP contribution in [0.3, 0.4) is 0 Å². The summed E-state index contributed by atoms with van der Waals surface area (Å²) in [4.78, 5) is 4.76. The molecule has 0 aromatic carbocycles. The van der Waals surface area contributed by atoms with Gasteiger partial charge in [-0.15, -0.1) is 0 Å². The van der Waals surface area contributed by atoms with E-state index in [4.69, 9.17) is 4.98 Å². The van der Waals surface area contributed by atoms with E-state index in [1.54, 1.807) is 0 Å². The number of aryl methyl sites for hydroxylation is 1. The number of hydrogen-bond acceptors (Lipinski definition) is 3. The highest BCUT2D eigenvalue weighted by molar-refractivity contribution is 8.00. The van der Waals surface area contributed by atoms with E-state index in [0.717, 1.165) is 30.5 Å². The lowest BCUT2D eigenvalue weighted by Gasteiger charge is -2.21. The Balaban J connectivity index is 1.75. The molecule has 0 aliphatic carbocycles. The smallest absolute Gasteiger partial charge is 0.114 e. The van der Waals surface area contributed by atoms with Crippen LogP contribution in [0.2, 0.25) is 0 Å². The van der Waals surface area contributed by atoms with Gasteiger partial charge >= 0.3 is 0 Å². The van der Waals surface area contributed by atoms with Gasteiger partial charge in [-0.3, -0.25) is 0 Å². The van der Waals surface area contributed by atoms with Gasteiger partial charge in [-0.05, 0) is 31.4 Å². The normalized spacial score (nSPS) is 28.3. The molecule has 0 bridgehead atoms. The van der Waals surface area contributed by atoms with Gasteiger partial charge in [0.05, 0.1) is 12.3 Å². The van der Waals surface area contributed by atoms with Crippen LogP contribution in [0.4, 0.5) is 0 Å². The highest BCUT2D eigenvalue weighted by Gasteiger charge is 2.24. The maximum absolute atomic E-state index is 9.37. The third kappa shape index (κ3) is 2.38. The molecule has 4 heteroatoms. The zero-order chi connectivity index (χ0) is 11.7. The summed E-state index contributed by atoms with van der Waals surface area (Å²) in [5.74, 6) is 2.71. The molecule has 0 radical (unpaired) electrons. The molecular weight excluding hydrogens is 232 g/mol. The molecule has 0 saturated carbocycles. The monoisotopic (exact) mass is 252 g/mol. The third-order valence-electron chi connectivity index (χ3n) is 3.86. The summed E-state index contributed by atoms with van der Waals surface area (Å²) in [5.41, 5.74) is 1.24. The maximum Gasteiger partial charge on any atom is 0.114 e. The van der Waals surface area contributed by atoms with Crippen molar-refractivity contribution in [3.8, 4) is 0 Å². The third-order valence-corrected chi connectivity index (χ3v) is 5.25. The molecule has 2 unspecified atom stereocenters. The number of aliphatic hydroxyl groups is 1. The second kappa shape index (κ2) is 5.02. The van der Waals surface area contributed by atoms with E-state index in [2.05, 4.69) is 22.5 Å². The lowest BCUT2D eigenvalue weighted by Crippen LogP contribution is -2.18. The summed E-state index contributed by atoms with van der Waals surface area (Å²) >= 11 is 2.09. The second-order valence-electron chi connectivity index (χ2n) is 5.14. The number of imidazole rings is 1. The molecular formula is C13H20N2OS. The topological polar surface area (TPSA) is 38.0 Å². The van der Waals surface area contributed by atoms with Crippen LogP contribution in [0.15, 0.2) is 6.20 Å². The van der Waals surface area contributed by atoms with Crippen LogP contribution < -0.4 is 0 Å². The van der Waals surface area contributed by atoms with Crippen LogP contribution in [0, 0.1) is 0 Å². The minimum atomic E-state index is 0.245. The SMILES string of the molecule is OCC1CCCn2cc(CC3CCCS3)nc21. The number of hydrogen-bond donors (Lipinski definition) is 1. The average molecular weight is 252 g/mol. The van der Waals surface area contributed by atoms with Crippen molar-refractivity contribution in [2.24, 2.45) is 0 Å². The minimum Gasteiger partial charge on any atom is -0.396 e. The van der Waals surface area contributed by atoms with Gasteiger partial charge in [-0.1, -0.05) is 0 Å². The Labute approximate surface area is 107 Å². The van der Waals surface area contributed by atoms with Gasteiger partial charge in [0, 0.05) is 30.3 Å². The van der Waals surface area contributed by atoms with Crippen LogP contribution in [-0.2, 0) is 13.0 Å². The Hall–Kier alpha value is -0.480. The molecule has 2 aliphatic heterocycles. The van der Waals surface area contributed by atoms with Gasteiger partial charge in [0.25, 0.3) is 0 Å². The zero-order valence-electron chi connectivity index (χ0n) is 10.1. The van der Waals surface area contributed by atoms with Gasteiger partial charge in [0.15, 0.2) is 0 Å². The van der Waals surface area contributed by atoms with Crippen molar-refractivity contribution in [1.29, 1.82) is 0 Å². The molecule has 2 atom stereocenters. The van der Waals surface area contributed by atoms with Gasteiger partial charge in [0.1, 0.15) is 5.82 Å². The fourth-order valence-electron chi connectivity index (χ4n) is 2.94. The summed E-state index contributed by atoms with van der Waals surface area (Å²) in [6.07, 6.45) is 8.30. The molecule has 3 rings (SSSR count). The van der Waals surface area contributed by atoms with Crippen molar-refractivity contribution in [1.82, 2.24) is 9.55 Å². The van der Waals surface area contributed by atoms with Crippen LogP contribution in [0.25, 0.3) is 0 Å². The first-order valence-corrected chi connectivity index (χ1v) is 7.70. The van der Waals surface area contributed by atoms with E-state index in [-0.39, 0.29) is 12.5 Å². The fraction of sp³-hybridized carbons (Fsp3) is 0.769. The lowest BCUT2D eigenvalue weighted by atomic mass is 10.0. The van der Waals surface area contributed by atoms with Gasteiger partial charge in [-0.2, -0.15) is 11.8 Å². The fourth-order valence-corrected chi connectivity index (χ4v) is 4.23. The van der Waals surface area contributed by atoms with Crippen molar-refractivity contribution in [3.63, 3.8) is 0 Å². The van der Waals surface area contributed by atoms with Gasteiger partial charge in [-0.25, -0.2) is 4.98 Å². The first-order chi connectivity index (χ1) is 8.36. The van der Waals surface area contributed by atoms with Crippen molar-refractivity contribution in [3.05, 3.63) is 17.7 Å². The predicted octanol–water partition coefficient (Wildman–Crippen LogP) is 2.19. The molecule has 3 nitrogen and oxygen atoms in total. The zero-order valence-corrected chi connectivity index (χ0v) is 11.0. The maximum atomic E-state index is 9.37. The molecule has 17 heavy (non-hydrogen) atoms. The molecule has 1 saturated heterocycles. The molecule has 1 aromatic heterocycles. The van der Waals surface area contributed by atoms with E-state index < -0.39 is 0 Å². The Morgan fingerprint density at radius 1 is 1.41 bits per heavy atom. The summed E-state index contributed by atoms with van der Waals surface area (Å²) in [6.45, 7) is 1.32. The van der Waals surface area contributed by atoms with Crippen molar-refractivity contribution >= 4 is 11.8 Å². The Morgan fingerprint density at radius 2 is 2.35 bits per heavy atom. The van der Waals surface area contributed by atoms with Crippen LogP contribution >= 0.6 is 11.8 Å². The number of fused-ring (bicyclic) bond motifs is 1. The molecule has 2 aliphatic rings. The first-order valence-electron chi connectivity index (χ1n) is 6.65. The van der Waals surface area contributed by atoms with Crippen molar-refractivity contribution in [2.45, 2.75) is 49.8 Å². The molecule has 0 spiro atoms. The number of aliphatic hydroxyl groups excluding tert-OH is 1. The molecule has 3 heterocycles. The molecule has 94 valence electrons. The summed E-state index contributed by atoms with van der Waals surface area (Å²) in [6, 6.07) is 0. The largest absolute Gasteiger partial charge is 0.396 e. The van der Waals surface area contributed by atoms with E-state index in [1.165, 1.54) is 30.7 Å². The summed E-state index contributed by atoms with van der Waals surface area (Å²) in [7, 11) is 0. The van der Waals surface area contributed by atoms with E-state index >= 15 is 0 Å². The number of aromatic nitrogens is 2. The van der Waals surface area contributed by atoms with Gasteiger partial charge < -0.3 is 9.67 Å². The van der Waals surface area contributed by atoms with Crippen LogP contribution in [0.5, 0.6) is 0 Å². The van der Waals surface area contributed by atoms with Gasteiger partial charge in [0.2, 0.25) is 0 Å². The second-order valence-corrected chi connectivity index (χ2v) is 6.55. The molecule has 1 aromatic rings. The number of nitrogens with zero attached hydrogens (tertiary/aromatic N) is 2. The number of rotatable bonds is 3. The Kier molecular flexibility index (Phi) is 3.43. The number of thioether (sulfide) groups is 1. The standard InChI is InChI=1S/C13H20N2OS/c16-9-10-3-1-5-15-8-11(14-13(10)15)7-12-4-2-6-17-12/h8,10,12,16H,1-7,9H2. The van der Waals surface area contributed by atoms with Crippen LogP contribution in [0.1, 0.15) is 43.1 Å². The van der Waals surface area contributed by atoms with Crippen molar-refractivity contribution in [2.75, 3.05) is 12.4 Å². The Morgan fingerprint density at radius 3 is 3.12 bits per heavy atom. The van der Waals surface area contributed by atoms with E-state index in [9.17, 15) is 5.11 Å². The molecule has 0 amide bonds.